The monoisotopic (exact) mass is 402 g/mol. The first-order valence-electron chi connectivity index (χ1n) is 8.69. The number of para-hydroxylation sites is 1. The Bertz CT molecular complexity index is 972. The van der Waals surface area contributed by atoms with Gasteiger partial charge in [-0.2, -0.15) is 0 Å². The van der Waals surface area contributed by atoms with E-state index in [-0.39, 0.29) is 35.9 Å². The highest BCUT2D eigenvalue weighted by Crippen LogP contribution is 2.24. The lowest BCUT2D eigenvalue weighted by atomic mass is 10.2. The van der Waals surface area contributed by atoms with Gasteiger partial charge >= 0.3 is 5.97 Å². The molecule has 1 heterocycles. The number of hydrogen-bond donors (Lipinski definition) is 1. The zero-order valence-corrected chi connectivity index (χ0v) is 15.3. The van der Waals surface area contributed by atoms with Crippen molar-refractivity contribution in [2.24, 2.45) is 0 Å². The van der Waals surface area contributed by atoms with Crippen LogP contribution in [0.5, 0.6) is 0 Å². The summed E-state index contributed by atoms with van der Waals surface area (Å²) in [7, 11) is 0. The normalized spacial score (nSPS) is 14.7. The molecule has 2 aromatic rings. The zero-order valence-electron chi connectivity index (χ0n) is 15.3. The molecule has 1 atom stereocenters. The van der Waals surface area contributed by atoms with Gasteiger partial charge in [-0.1, -0.05) is 12.1 Å². The number of imide groups is 1. The van der Waals surface area contributed by atoms with Crippen LogP contribution in [0.25, 0.3) is 0 Å². The van der Waals surface area contributed by atoms with Crippen molar-refractivity contribution >= 4 is 35.1 Å². The van der Waals surface area contributed by atoms with E-state index in [1.54, 1.807) is 0 Å². The number of benzene rings is 2. The van der Waals surface area contributed by atoms with Gasteiger partial charge in [-0.15, -0.1) is 0 Å². The fourth-order valence-electron chi connectivity index (χ4n) is 2.76. The van der Waals surface area contributed by atoms with Crippen molar-refractivity contribution in [1.82, 2.24) is 0 Å². The second-order valence-corrected chi connectivity index (χ2v) is 6.31. The van der Waals surface area contributed by atoms with E-state index in [9.17, 15) is 28.0 Å². The summed E-state index contributed by atoms with van der Waals surface area (Å²) < 4.78 is 32.3. The van der Waals surface area contributed by atoms with Gasteiger partial charge in [0.1, 0.15) is 17.3 Å². The first-order valence-corrected chi connectivity index (χ1v) is 8.69. The highest BCUT2D eigenvalue weighted by molar-refractivity contribution is 6.20. The number of esters is 1. The Morgan fingerprint density at radius 1 is 1.03 bits per heavy atom. The molecular formula is C20H16F2N2O5. The quantitative estimate of drug-likeness (QED) is 0.613. The third-order valence-electron chi connectivity index (χ3n) is 4.26. The van der Waals surface area contributed by atoms with Crippen LogP contribution in [0, 0.1) is 11.6 Å². The van der Waals surface area contributed by atoms with Gasteiger partial charge in [0.25, 0.3) is 5.91 Å². The Hall–Kier alpha value is -3.62. The van der Waals surface area contributed by atoms with Crippen LogP contribution >= 0.6 is 0 Å². The van der Waals surface area contributed by atoms with E-state index in [0.29, 0.717) is 0 Å². The van der Waals surface area contributed by atoms with Crippen LogP contribution < -0.4 is 10.2 Å². The molecule has 3 amide bonds. The predicted molar refractivity (Wildman–Crippen MR) is 98.0 cm³/mol. The standard InChI is InChI=1S/C20H16F2N2O5/c1-11(19(27)23-18-14(21)6-3-7-15(18)22)29-20(28)12-4-2-5-13(10-12)24-16(25)8-9-17(24)26/h2-7,10-11H,8-9H2,1H3,(H,23,27). The molecule has 0 aliphatic carbocycles. The smallest absolute Gasteiger partial charge is 0.338 e. The minimum atomic E-state index is -1.36. The van der Waals surface area contributed by atoms with E-state index in [4.69, 9.17) is 4.74 Å². The van der Waals surface area contributed by atoms with E-state index in [2.05, 4.69) is 0 Å². The third-order valence-corrected chi connectivity index (χ3v) is 4.26. The van der Waals surface area contributed by atoms with Crippen molar-refractivity contribution in [1.29, 1.82) is 0 Å². The molecule has 1 unspecified atom stereocenters. The predicted octanol–water partition coefficient (Wildman–Crippen LogP) is 2.80. The Morgan fingerprint density at radius 3 is 2.24 bits per heavy atom. The fraction of sp³-hybridized carbons (Fsp3) is 0.200. The van der Waals surface area contributed by atoms with Crippen LogP contribution in [0.4, 0.5) is 20.2 Å². The van der Waals surface area contributed by atoms with Gasteiger partial charge in [0.15, 0.2) is 6.10 Å². The first kappa shape index (κ1) is 20.1. The highest BCUT2D eigenvalue weighted by Gasteiger charge is 2.31. The molecule has 150 valence electrons. The number of rotatable bonds is 5. The molecule has 0 bridgehead atoms. The summed E-state index contributed by atoms with van der Waals surface area (Å²) in [6.07, 6.45) is -1.17. The Balaban J connectivity index is 1.70. The summed E-state index contributed by atoms with van der Waals surface area (Å²) in [5.41, 5.74) is -0.419. The van der Waals surface area contributed by atoms with Crippen molar-refractivity contribution in [3.63, 3.8) is 0 Å². The van der Waals surface area contributed by atoms with E-state index < -0.39 is 35.3 Å². The van der Waals surface area contributed by atoms with Crippen LogP contribution in [0.2, 0.25) is 0 Å². The van der Waals surface area contributed by atoms with Gasteiger partial charge in [-0.05, 0) is 37.3 Å². The summed E-state index contributed by atoms with van der Waals surface area (Å²) in [6, 6.07) is 8.73. The van der Waals surface area contributed by atoms with Crippen molar-refractivity contribution < 1.29 is 32.7 Å². The maximum absolute atomic E-state index is 13.6. The van der Waals surface area contributed by atoms with Crippen LogP contribution in [0.3, 0.4) is 0 Å². The Kier molecular flexibility index (Phi) is 5.67. The average Bonchev–Trinajstić information content (AvgIpc) is 3.03. The summed E-state index contributed by atoms with van der Waals surface area (Å²) in [6.45, 7) is 1.24. The molecule has 1 N–H and O–H groups in total. The molecule has 1 aliphatic rings. The molecule has 2 aromatic carbocycles. The third kappa shape index (κ3) is 4.29. The second kappa shape index (κ2) is 8.17. The number of anilines is 2. The minimum absolute atomic E-state index is 0.00622. The maximum atomic E-state index is 13.6. The average molecular weight is 402 g/mol. The molecule has 1 aliphatic heterocycles. The van der Waals surface area contributed by atoms with Crippen LogP contribution in [-0.2, 0) is 19.1 Å². The largest absolute Gasteiger partial charge is 0.449 e. The van der Waals surface area contributed by atoms with E-state index in [1.807, 2.05) is 5.32 Å². The molecule has 0 saturated carbocycles. The molecular weight excluding hydrogens is 386 g/mol. The lowest BCUT2D eigenvalue weighted by Crippen LogP contribution is -2.31. The number of hydrogen-bond acceptors (Lipinski definition) is 5. The number of nitrogens with one attached hydrogen (secondary N) is 1. The van der Waals surface area contributed by atoms with Crippen molar-refractivity contribution in [3.05, 3.63) is 59.7 Å². The van der Waals surface area contributed by atoms with Gasteiger partial charge in [-0.25, -0.2) is 13.6 Å². The van der Waals surface area contributed by atoms with Crippen molar-refractivity contribution in [3.8, 4) is 0 Å². The van der Waals surface area contributed by atoms with Gasteiger partial charge in [0.05, 0.1) is 11.3 Å². The number of amides is 3. The maximum Gasteiger partial charge on any atom is 0.338 e. The fourth-order valence-corrected chi connectivity index (χ4v) is 2.76. The van der Waals surface area contributed by atoms with E-state index in [1.165, 1.54) is 31.2 Å². The van der Waals surface area contributed by atoms with Crippen molar-refractivity contribution in [2.75, 3.05) is 10.2 Å². The topological polar surface area (TPSA) is 92.8 Å². The molecule has 1 saturated heterocycles. The lowest BCUT2D eigenvalue weighted by Gasteiger charge is -2.16. The number of carbonyl (C=O) groups excluding carboxylic acids is 4. The molecule has 7 nitrogen and oxygen atoms in total. The Labute approximate surface area is 164 Å². The van der Waals surface area contributed by atoms with Gasteiger partial charge in [-0.3, -0.25) is 19.3 Å². The summed E-state index contributed by atoms with van der Waals surface area (Å²) in [5, 5.41) is 2.04. The van der Waals surface area contributed by atoms with E-state index in [0.717, 1.165) is 23.1 Å². The highest BCUT2D eigenvalue weighted by atomic mass is 19.1. The lowest BCUT2D eigenvalue weighted by molar-refractivity contribution is -0.124. The summed E-state index contributed by atoms with van der Waals surface area (Å²) in [5.74, 6) is -4.51. The molecule has 0 aromatic heterocycles. The molecule has 3 rings (SSSR count). The number of nitrogens with zero attached hydrogens (tertiary/aromatic N) is 1. The molecule has 0 spiro atoms. The van der Waals surface area contributed by atoms with Crippen molar-refractivity contribution in [2.45, 2.75) is 25.9 Å². The summed E-state index contributed by atoms with van der Waals surface area (Å²) in [4.78, 5) is 49.1. The SMILES string of the molecule is CC(OC(=O)c1cccc(N2C(=O)CCC2=O)c1)C(=O)Nc1c(F)cccc1F. The number of ether oxygens (including phenoxy) is 1. The van der Waals surface area contributed by atoms with Gasteiger partial charge in [0, 0.05) is 12.8 Å². The van der Waals surface area contributed by atoms with Gasteiger partial charge < -0.3 is 10.1 Å². The van der Waals surface area contributed by atoms with Crippen LogP contribution in [0.1, 0.15) is 30.1 Å². The molecule has 1 fully saturated rings. The number of carbonyl (C=O) groups is 4. The Morgan fingerprint density at radius 2 is 1.62 bits per heavy atom. The zero-order chi connectivity index (χ0) is 21.1. The molecule has 29 heavy (non-hydrogen) atoms. The van der Waals surface area contributed by atoms with Crippen LogP contribution in [-0.4, -0.2) is 29.8 Å². The van der Waals surface area contributed by atoms with Gasteiger partial charge in [0.2, 0.25) is 11.8 Å². The molecule has 0 radical (unpaired) electrons. The van der Waals surface area contributed by atoms with E-state index >= 15 is 0 Å². The summed E-state index contributed by atoms with van der Waals surface area (Å²) >= 11 is 0. The molecule has 9 heteroatoms. The van der Waals surface area contributed by atoms with Crippen LogP contribution in [0.15, 0.2) is 42.5 Å². The minimum Gasteiger partial charge on any atom is -0.449 e. The number of halogens is 2. The first-order chi connectivity index (χ1) is 13.8. The second-order valence-electron chi connectivity index (χ2n) is 6.31.